The number of carbonyl (C=O) groups excluding carboxylic acids is 1. The highest BCUT2D eigenvalue weighted by Crippen LogP contribution is 2.32. The van der Waals surface area contributed by atoms with Gasteiger partial charge in [0.05, 0.1) is 17.9 Å². The summed E-state index contributed by atoms with van der Waals surface area (Å²) < 4.78 is 33.3. The Morgan fingerprint density at radius 1 is 1.31 bits per heavy atom. The van der Waals surface area contributed by atoms with Crippen LogP contribution in [0.4, 0.5) is 8.78 Å². The second-order valence-corrected chi connectivity index (χ2v) is 7.24. The van der Waals surface area contributed by atoms with E-state index in [2.05, 4.69) is 10.2 Å². The Hall–Kier alpha value is -2.28. The Morgan fingerprint density at radius 2 is 2.00 bits per heavy atom. The second kappa shape index (κ2) is 6.46. The first kappa shape index (κ1) is 17.1. The van der Waals surface area contributed by atoms with Crippen molar-refractivity contribution in [3.63, 3.8) is 0 Å². The first-order valence-electron chi connectivity index (χ1n) is 8.88. The summed E-state index contributed by atoms with van der Waals surface area (Å²) in [5.41, 5.74) is 2.32. The molecule has 1 fully saturated rings. The third-order valence-electron chi connectivity index (χ3n) is 5.24. The van der Waals surface area contributed by atoms with E-state index in [1.165, 1.54) is 18.2 Å². The fourth-order valence-corrected chi connectivity index (χ4v) is 3.88. The Bertz CT molecular complexity index is 825. The predicted octanol–water partition coefficient (Wildman–Crippen LogP) is 3.02. The molecule has 2 aliphatic heterocycles. The largest absolute Gasteiger partial charge is 0.369 e. The number of fused-ring (bicyclic) bond motifs is 1. The van der Waals surface area contributed by atoms with Gasteiger partial charge in [-0.3, -0.25) is 9.89 Å². The third kappa shape index (κ3) is 2.90. The van der Waals surface area contributed by atoms with Crippen LogP contribution < -0.4 is 0 Å². The number of hydrogen-bond donors (Lipinski definition) is 1. The lowest BCUT2D eigenvalue weighted by molar-refractivity contribution is -0.00709. The van der Waals surface area contributed by atoms with Gasteiger partial charge in [0.2, 0.25) is 0 Å². The molecular formula is C19H21F2N3O2. The van der Waals surface area contributed by atoms with Crippen LogP contribution in [-0.4, -0.2) is 40.2 Å². The Kier molecular flexibility index (Phi) is 4.26. The third-order valence-corrected chi connectivity index (χ3v) is 5.24. The summed E-state index contributed by atoms with van der Waals surface area (Å²) in [6, 6.07) is 3.89. The normalized spacial score (nSPS) is 22.8. The monoisotopic (exact) mass is 361 g/mol. The van der Waals surface area contributed by atoms with Crippen LogP contribution in [0.15, 0.2) is 18.2 Å². The molecule has 2 aromatic rings. The molecule has 1 N–H and O–H groups in total. The first-order valence-corrected chi connectivity index (χ1v) is 8.88. The molecule has 0 saturated carbocycles. The first-order chi connectivity index (χ1) is 12.4. The molecular weight excluding hydrogens is 340 g/mol. The minimum Gasteiger partial charge on any atom is -0.369 e. The van der Waals surface area contributed by atoms with E-state index in [0.717, 1.165) is 11.3 Å². The lowest BCUT2D eigenvalue weighted by atomic mass is 9.90. The molecule has 5 nitrogen and oxygen atoms in total. The molecule has 3 heterocycles. The number of aromatic amines is 1. The van der Waals surface area contributed by atoms with Gasteiger partial charge in [-0.05, 0) is 38.3 Å². The molecule has 0 aliphatic carbocycles. The van der Waals surface area contributed by atoms with Crippen LogP contribution in [-0.2, 0) is 17.6 Å². The number of likely N-dealkylation sites (tertiary alicyclic amines) is 1. The second-order valence-electron chi connectivity index (χ2n) is 7.24. The van der Waals surface area contributed by atoms with Gasteiger partial charge in [-0.1, -0.05) is 6.07 Å². The van der Waals surface area contributed by atoms with Crippen molar-refractivity contribution in [2.45, 2.75) is 38.9 Å². The molecule has 0 unspecified atom stereocenters. The molecule has 0 bridgehead atoms. The van der Waals surface area contributed by atoms with Crippen LogP contribution in [0.25, 0.3) is 0 Å². The average Bonchev–Trinajstić information content (AvgIpc) is 2.96. The highest BCUT2D eigenvalue weighted by molar-refractivity contribution is 5.94. The summed E-state index contributed by atoms with van der Waals surface area (Å²) in [6.45, 7) is 4.87. The Balaban J connectivity index is 1.43. The van der Waals surface area contributed by atoms with Gasteiger partial charge in [0.25, 0.3) is 5.91 Å². The van der Waals surface area contributed by atoms with Crippen molar-refractivity contribution >= 4 is 5.91 Å². The zero-order chi connectivity index (χ0) is 18.4. The maximum Gasteiger partial charge on any atom is 0.274 e. The number of halogens is 2. The summed E-state index contributed by atoms with van der Waals surface area (Å²) >= 11 is 0. The molecule has 2 aliphatic rings. The predicted molar refractivity (Wildman–Crippen MR) is 90.7 cm³/mol. The van der Waals surface area contributed by atoms with Gasteiger partial charge in [-0.2, -0.15) is 5.10 Å². The van der Waals surface area contributed by atoms with Gasteiger partial charge < -0.3 is 9.64 Å². The zero-order valence-electron chi connectivity index (χ0n) is 14.8. The number of rotatable bonds is 3. The molecule has 2 atom stereocenters. The number of nitrogens with one attached hydrogen (secondary N) is 1. The Morgan fingerprint density at radius 3 is 2.69 bits per heavy atom. The summed E-state index contributed by atoms with van der Waals surface area (Å²) in [5.74, 6) is -1.13. The maximum atomic E-state index is 13.8. The molecule has 7 heteroatoms. The van der Waals surface area contributed by atoms with Crippen molar-refractivity contribution in [3.05, 3.63) is 52.3 Å². The fourth-order valence-electron chi connectivity index (χ4n) is 3.88. The number of hydrogen-bond acceptors (Lipinski definition) is 3. The van der Waals surface area contributed by atoms with Crippen molar-refractivity contribution in [1.29, 1.82) is 0 Å². The number of carbonyl (C=O) groups is 1. The van der Waals surface area contributed by atoms with Crippen LogP contribution in [0.3, 0.4) is 0 Å². The van der Waals surface area contributed by atoms with Crippen molar-refractivity contribution < 1.29 is 18.3 Å². The van der Waals surface area contributed by atoms with E-state index in [0.29, 0.717) is 31.6 Å². The van der Waals surface area contributed by atoms with E-state index < -0.39 is 11.6 Å². The van der Waals surface area contributed by atoms with Gasteiger partial charge in [-0.25, -0.2) is 8.78 Å². The molecule has 0 radical (unpaired) electrons. The summed E-state index contributed by atoms with van der Waals surface area (Å²) in [7, 11) is 0. The fraction of sp³-hybridized carbons (Fsp3) is 0.474. The number of ether oxygens (including phenoxy) is 1. The molecule has 1 aromatic heterocycles. The van der Waals surface area contributed by atoms with E-state index in [4.69, 9.17) is 4.74 Å². The number of aromatic nitrogens is 2. The quantitative estimate of drug-likeness (QED) is 0.914. The van der Waals surface area contributed by atoms with Gasteiger partial charge in [0, 0.05) is 30.6 Å². The van der Waals surface area contributed by atoms with Gasteiger partial charge >= 0.3 is 0 Å². The van der Waals surface area contributed by atoms with E-state index in [9.17, 15) is 13.6 Å². The molecule has 138 valence electrons. The molecule has 4 rings (SSSR count). The summed E-state index contributed by atoms with van der Waals surface area (Å²) in [4.78, 5) is 14.4. The van der Waals surface area contributed by atoms with Crippen LogP contribution in [0, 0.1) is 17.6 Å². The smallest absolute Gasteiger partial charge is 0.274 e. The van der Waals surface area contributed by atoms with Gasteiger partial charge in [0.1, 0.15) is 11.6 Å². The highest BCUT2D eigenvalue weighted by Gasteiger charge is 2.36. The Labute approximate surface area is 150 Å². The minimum atomic E-state index is -0.529. The van der Waals surface area contributed by atoms with Crippen molar-refractivity contribution in [1.82, 2.24) is 15.1 Å². The lowest BCUT2D eigenvalue weighted by Gasteiger charge is -2.39. The number of benzene rings is 1. The van der Waals surface area contributed by atoms with E-state index in [-0.39, 0.29) is 29.6 Å². The number of H-pyrrole nitrogens is 1. The SMILES string of the molecule is C[C@@H]1Cc2c(C(=O)N3CC(Cc4c(F)cccc4F)C3)n[nH]c2[C@H](C)O1. The van der Waals surface area contributed by atoms with E-state index in [1.807, 2.05) is 13.8 Å². The van der Waals surface area contributed by atoms with Gasteiger partial charge in [0.15, 0.2) is 5.69 Å². The van der Waals surface area contributed by atoms with E-state index in [1.54, 1.807) is 4.90 Å². The molecule has 26 heavy (non-hydrogen) atoms. The average molecular weight is 361 g/mol. The van der Waals surface area contributed by atoms with Crippen molar-refractivity contribution in [3.8, 4) is 0 Å². The van der Waals surface area contributed by atoms with Crippen LogP contribution in [0.5, 0.6) is 0 Å². The lowest BCUT2D eigenvalue weighted by Crippen LogP contribution is -2.51. The van der Waals surface area contributed by atoms with Crippen LogP contribution in [0.2, 0.25) is 0 Å². The molecule has 1 saturated heterocycles. The van der Waals surface area contributed by atoms with Crippen molar-refractivity contribution in [2.24, 2.45) is 5.92 Å². The minimum absolute atomic E-state index is 0.0369. The van der Waals surface area contributed by atoms with Crippen LogP contribution >= 0.6 is 0 Å². The topological polar surface area (TPSA) is 58.2 Å². The van der Waals surface area contributed by atoms with Gasteiger partial charge in [-0.15, -0.1) is 0 Å². The number of amides is 1. The van der Waals surface area contributed by atoms with E-state index >= 15 is 0 Å². The maximum absolute atomic E-state index is 13.8. The standard InChI is InChI=1S/C19H21F2N3O2/c1-10-6-14-17(11(2)26-10)22-23-18(14)19(25)24-8-12(9-24)7-13-15(20)4-3-5-16(13)21/h3-5,10-12H,6-9H2,1-2H3,(H,22,23)/t10-,11+/m1/s1. The summed E-state index contributed by atoms with van der Waals surface area (Å²) in [6.07, 6.45) is 0.864. The molecule has 1 amide bonds. The van der Waals surface area contributed by atoms with Crippen molar-refractivity contribution in [2.75, 3.05) is 13.1 Å². The molecule has 0 spiro atoms. The highest BCUT2D eigenvalue weighted by atomic mass is 19.1. The summed E-state index contributed by atoms with van der Waals surface area (Å²) in [5, 5.41) is 7.13. The zero-order valence-corrected chi connectivity index (χ0v) is 14.8. The van der Waals surface area contributed by atoms with Crippen LogP contribution in [0.1, 0.15) is 47.3 Å². The molecule has 1 aromatic carbocycles. The number of nitrogens with zero attached hydrogens (tertiary/aromatic N) is 2.